The van der Waals surface area contributed by atoms with Crippen molar-refractivity contribution in [2.24, 2.45) is 0 Å². The number of hydrogen-bond acceptors (Lipinski definition) is 9. The highest BCUT2D eigenvalue weighted by atomic mass is 16.6. The molecule has 0 aliphatic rings. The number of phenols is 1. The van der Waals surface area contributed by atoms with Crippen molar-refractivity contribution in [3.63, 3.8) is 0 Å². The fraction of sp³-hybridized carbons (Fsp3) is 0.238. The van der Waals surface area contributed by atoms with E-state index >= 15 is 0 Å². The maximum atomic E-state index is 11.8. The molecule has 0 saturated heterocycles. The minimum atomic E-state index is -0.739. The Morgan fingerprint density at radius 2 is 0.967 bits per heavy atom. The van der Waals surface area contributed by atoms with Gasteiger partial charge < -0.3 is 24.1 Å². The molecule has 0 aliphatic heterocycles. The highest BCUT2D eigenvalue weighted by Gasteiger charge is 2.31. The van der Waals surface area contributed by atoms with Gasteiger partial charge in [0.25, 0.3) is 0 Å². The van der Waals surface area contributed by atoms with Crippen LogP contribution < -0.4 is 18.9 Å². The van der Waals surface area contributed by atoms with Gasteiger partial charge in [0.15, 0.2) is 23.0 Å². The molecule has 0 saturated carbocycles. The van der Waals surface area contributed by atoms with Gasteiger partial charge in [0, 0.05) is 33.3 Å². The molecule has 0 radical (unpaired) electrons. The van der Waals surface area contributed by atoms with Gasteiger partial charge in [0.1, 0.15) is 5.75 Å². The summed E-state index contributed by atoms with van der Waals surface area (Å²) in [5.41, 5.74) is 0.427. The number of carbonyl (C=O) groups is 4. The predicted octanol–water partition coefficient (Wildman–Crippen LogP) is 3.07. The summed E-state index contributed by atoms with van der Waals surface area (Å²) in [5.74, 6) is -3.78. The second-order valence-corrected chi connectivity index (χ2v) is 6.24. The number of hydrogen-bond donors (Lipinski definition) is 1. The van der Waals surface area contributed by atoms with Crippen molar-refractivity contribution in [3.8, 4) is 39.9 Å². The molecule has 1 N–H and O–H groups in total. The lowest BCUT2D eigenvalue weighted by Crippen LogP contribution is -2.14. The normalized spacial score (nSPS) is 10.2. The Labute approximate surface area is 172 Å². The summed E-state index contributed by atoms with van der Waals surface area (Å²) >= 11 is 0. The molecule has 0 atom stereocenters. The van der Waals surface area contributed by atoms with E-state index in [0.717, 1.165) is 27.7 Å². The number of benzene rings is 2. The molecule has 0 aromatic heterocycles. The number of phenolic OH excluding ortho intramolecular Hbond substituents is 1. The van der Waals surface area contributed by atoms with E-state index in [0.29, 0.717) is 5.56 Å². The Hall–Kier alpha value is -3.88. The van der Waals surface area contributed by atoms with Crippen molar-refractivity contribution in [2.75, 3.05) is 0 Å². The number of rotatable bonds is 5. The SMILES string of the molecule is CC(=O)Oc1c(C)c(OC(C)=O)c(OC(C)=O)c(-c2ccc(O)cc2)c1OC(C)=O. The molecule has 0 heterocycles. The number of esters is 4. The number of aromatic hydroxyl groups is 1. The summed E-state index contributed by atoms with van der Waals surface area (Å²) in [6.07, 6.45) is 0. The van der Waals surface area contributed by atoms with Crippen molar-refractivity contribution in [3.05, 3.63) is 29.8 Å². The zero-order chi connectivity index (χ0) is 22.6. The Morgan fingerprint density at radius 1 is 0.633 bits per heavy atom. The summed E-state index contributed by atoms with van der Waals surface area (Å²) in [6.45, 7) is 6.00. The topological polar surface area (TPSA) is 125 Å². The molecule has 30 heavy (non-hydrogen) atoms. The van der Waals surface area contributed by atoms with Crippen molar-refractivity contribution >= 4 is 23.9 Å². The van der Waals surface area contributed by atoms with Crippen LogP contribution in [0, 0.1) is 6.92 Å². The first-order valence-electron chi connectivity index (χ1n) is 8.74. The third-order valence-electron chi connectivity index (χ3n) is 3.69. The molecule has 9 nitrogen and oxygen atoms in total. The van der Waals surface area contributed by atoms with Crippen molar-refractivity contribution in [1.29, 1.82) is 0 Å². The molecule has 0 bridgehead atoms. The van der Waals surface area contributed by atoms with Gasteiger partial charge in [-0.15, -0.1) is 0 Å². The van der Waals surface area contributed by atoms with Crippen molar-refractivity contribution in [2.45, 2.75) is 34.6 Å². The van der Waals surface area contributed by atoms with Crippen LogP contribution in [-0.2, 0) is 19.2 Å². The van der Waals surface area contributed by atoms with E-state index < -0.39 is 23.9 Å². The van der Waals surface area contributed by atoms with E-state index in [1.54, 1.807) is 0 Å². The second kappa shape index (κ2) is 9.08. The van der Waals surface area contributed by atoms with Crippen LogP contribution in [0.2, 0.25) is 0 Å². The van der Waals surface area contributed by atoms with Gasteiger partial charge >= 0.3 is 23.9 Å². The predicted molar refractivity (Wildman–Crippen MR) is 104 cm³/mol. The first-order valence-corrected chi connectivity index (χ1v) is 8.74. The molecule has 0 aliphatic carbocycles. The van der Waals surface area contributed by atoms with E-state index in [1.807, 2.05) is 0 Å². The number of carbonyl (C=O) groups excluding carboxylic acids is 4. The van der Waals surface area contributed by atoms with Crippen LogP contribution in [0.15, 0.2) is 24.3 Å². The highest BCUT2D eigenvalue weighted by molar-refractivity contribution is 5.91. The molecule has 2 aromatic rings. The van der Waals surface area contributed by atoms with Gasteiger partial charge in [-0.05, 0) is 24.6 Å². The Bertz CT molecular complexity index is 963. The van der Waals surface area contributed by atoms with Crippen LogP contribution in [0.4, 0.5) is 0 Å². The summed E-state index contributed by atoms with van der Waals surface area (Å²) in [4.78, 5) is 47.0. The van der Waals surface area contributed by atoms with Gasteiger partial charge in [0.05, 0.1) is 5.56 Å². The molecular weight excluding hydrogens is 396 g/mol. The number of ether oxygens (including phenoxy) is 4. The van der Waals surface area contributed by atoms with E-state index in [2.05, 4.69) is 0 Å². The summed E-state index contributed by atoms with van der Waals surface area (Å²) < 4.78 is 21.1. The van der Waals surface area contributed by atoms with Crippen molar-refractivity contribution < 1.29 is 43.2 Å². The molecular formula is C21H20O9. The van der Waals surface area contributed by atoms with E-state index in [-0.39, 0.29) is 39.9 Å². The maximum Gasteiger partial charge on any atom is 0.308 e. The fourth-order valence-electron chi connectivity index (χ4n) is 2.68. The van der Waals surface area contributed by atoms with Crippen LogP contribution in [0.5, 0.6) is 28.7 Å². The quantitative estimate of drug-likeness (QED) is 0.578. The third kappa shape index (κ3) is 5.13. The standard InChI is InChI=1S/C21H20O9/c1-10-18(27-11(2)22)20(29-13(4)24)17(15-6-8-16(26)9-7-15)21(30-14(5)25)19(10)28-12(3)23/h6-9,26H,1-5H3. The van der Waals surface area contributed by atoms with Gasteiger partial charge in [-0.25, -0.2) is 0 Å². The van der Waals surface area contributed by atoms with Gasteiger partial charge in [-0.2, -0.15) is 0 Å². The lowest BCUT2D eigenvalue weighted by atomic mass is 9.99. The smallest absolute Gasteiger partial charge is 0.308 e. The maximum absolute atomic E-state index is 11.8. The second-order valence-electron chi connectivity index (χ2n) is 6.24. The van der Waals surface area contributed by atoms with E-state index in [9.17, 15) is 24.3 Å². The first kappa shape index (κ1) is 22.4. The van der Waals surface area contributed by atoms with Gasteiger partial charge in [-0.1, -0.05) is 12.1 Å². The molecule has 0 fully saturated rings. The van der Waals surface area contributed by atoms with Gasteiger partial charge in [0.2, 0.25) is 0 Å². The zero-order valence-electron chi connectivity index (χ0n) is 17.0. The molecule has 0 amide bonds. The summed E-state index contributed by atoms with van der Waals surface area (Å²) in [6, 6.07) is 5.60. The van der Waals surface area contributed by atoms with Crippen LogP contribution in [0.25, 0.3) is 11.1 Å². The minimum absolute atomic E-state index is 0.0125. The average molecular weight is 416 g/mol. The third-order valence-corrected chi connectivity index (χ3v) is 3.69. The van der Waals surface area contributed by atoms with Crippen LogP contribution in [-0.4, -0.2) is 29.0 Å². The summed E-state index contributed by atoms with van der Waals surface area (Å²) in [7, 11) is 0. The van der Waals surface area contributed by atoms with Crippen LogP contribution in [0.3, 0.4) is 0 Å². The molecule has 2 aromatic carbocycles. The average Bonchev–Trinajstić information content (AvgIpc) is 2.62. The first-order chi connectivity index (χ1) is 14.0. The Kier molecular flexibility index (Phi) is 6.78. The van der Waals surface area contributed by atoms with Crippen LogP contribution >= 0.6 is 0 Å². The van der Waals surface area contributed by atoms with E-state index in [4.69, 9.17) is 18.9 Å². The summed E-state index contributed by atoms with van der Waals surface area (Å²) in [5, 5.41) is 9.61. The van der Waals surface area contributed by atoms with E-state index in [1.165, 1.54) is 31.2 Å². The monoisotopic (exact) mass is 416 g/mol. The van der Waals surface area contributed by atoms with Crippen molar-refractivity contribution in [1.82, 2.24) is 0 Å². The zero-order valence-corrected chi connectivity index (χ0v) is 17.0. The Morgan fingerprint density at radius 3 is 1.30 bits per heavy atom. The largest absolute Gasteiger partial charge is 0.508 e. The highest BCUT2D eigenvalue weighted by Crippen LogP contribution is 2.53. The molecule has 0 spiro atoms. The molecule has 9 heteroatoms. The minimum Gasteiger partial charge on any atom is -0.508 e. The fourth-order valence-corrected chi connectivity index (χ4v) is 2.68. The molecule has 2 rings (SSSR count). The lowest BCUT2D eigenvalue weighted by molar-refractivity contribution is -0.135. The molecule has 158 valence electrons. The molecule has 0 unspecified atom stereocenters. The Balaban J connectivity index is 3.04. The lowest BCUT2D eigenvalue weighted by Gasteiger charge is -2.22. The van der Waals surface area contributed by atoms with Crippen LogP contribution in [0.1, 0.15) is 33.3 Å². The van der Waals surface area contributed by atoms with Gasteiger partial charge in [-0.3, -0.25) is 19.2 Å².